The van der Waals surface area contributed by atoms with E-state index in [-0.39, 0.29) is 6.61 Å². The van der Waals surface area contributed by atoms with E-state index in [1.54, 1.807) is 24.3 Å². The number of phosphoric acid groups is 1. The molecule has 1 aromatic rings. The molecule has 1 rings (SSSR count). The number of nitrogens with zero attached hydrogens (tertiary/aromatic N) is 1. The van der Waals surface area contributed by atoms with Gasteiger partial charge in [0.25, 0.3) is 0 Å². The highest BCUT2D eigenvalue weighted by Gasteiger charge is 2.29. The van der Waals surface area contributed by atoms with Crippen molar-refractivity contribution < 1.29 is 23.3 Å². The average Bonchev–Trinajstić information content (AvgIpc) is 2.63. The van der Waals surface area contributed by atoms with Gasteiger partial charge in [-0.25, -0.2) is 0 Å². The molecule has 0 radical (unpaired) electrons. The molecule has 0 heterocycles. The van der Waals surface area contributed by atoms with Crippen LogP contribution in [0.1, 0.15) is 51.9 Å². The molecule has 0 saturated carbocycles. The zero-order chi connectivity index (χ0) is 20.0. The Morgan fingerprint density at radius 3 is 2.37 bits per heavy atom. The van der Waals surface area contributed by atoms with Crippen molar-refractivity contribution >= 4 is 8.17 Å². The van der Waals surface area contributed by atoms with E-state index < -0.39 is 8.17 Å². The van der Waals surface area contributed by atoms with Crippen molar-refractivity contribution in [3.63, 3.8) is 0 Å². The summed E-state index contributed by atoms with van der Waals surface area (Å²) >= 11 is 0. The van der Waals surface area contributed by atoms with Crippen molar-refractivity contribution in [3.05, 3.63) is 43.0 Å². The minimum atomic E-state index is -4.08. The molecule has 27 heavy (non-hydrogen) atoms. The van der Waals surface area contributed by atoms with E-state index in [0.717, 1.165) is 24.1 Å². The van der Waals surface area contributed by atoms with Crippen molar-refractivity contribution in [2.45, 2.75) is 51.9 Å². The average molecular weight is 399 g/mol. The van der Waals surface area contributed by atoms with Gasteiger partial charge in [-0.05, 0) is 31.1 Å². The van der Waals surface area contributed by atoms with Gasteiger partial charge in [-0.2, -0.15) is 9.42 Å². The number of para-hydroxylation sites is 1. The van der Waals surface area contributed by atoms with E-state index in [2.05, 4.69) is 20.6 Å². The van der Waals surface area contributed by atoms with E-state index >= 15 is 0 Å². The molecule has 5 nitrogen and oxygen atoms in total. The van der Waals surface area contributed by atoms with Gasteiger partial charge in [0.05, 0.1) is 26.7 Å². The molecule has 154 valence electrons. The van der Waals surface area contributed by atoms with Gasteiger partial charge in [0.1, 0.15) is 6.61 Å². The Morgan fingerprint density at radius 1 is 1.07 bits per heavy atom. The highest BCUT2D eigenvalue weighted by atomic mass is 31.2. The summed E-state index contributed by atoms with van der Waals surface area (Å²) in [6.07, 6.45) is 10.3. The maximum Gasteiger partial charge on any atom is 0.426 e. The third-order valence-corrected chi connectivity index (χ3v) is 5.63. The van der Waals surface area contributed by atoms with Crippen LogP contribution < -0.4 is 9.42 Å². The summed E-state index contributed by atoms with van der Waals surface area (Å²) in [6.45, 7) is 9.18. The molecule has 6 heteroatoms. The molecular formula is C21H37NO4P+. The van der Waals surface area contributed by atoms with Crippen molar-refractivity contribution in [1.82, 2.24) is 0 Å². The normalized spacial score (nSPS) is 15.7. The van der Waals surface area contributed by atoms with E-state index in [0.29, 0.717) is 12.2 Å². The number of hydrogen-bond donors (Lipinski definition) is 1. The monoisotopic (exact) mass is 398 g/mol. The lowest BCUT2D eigenvalue weighted by atomic mass is 10.1. The Bertz CT molecular complexity index is 512. The van der Waals surface area contributed by atoms with E-state index in [1.165, 1.54) is 38.5 Å². The Kier molecular flexibility index (Phi) is 11.8. The number of unbranched alkanes of at least 4 members (excludes halogenated alkanes) is 5. The van der Waals surface area contributed by atoms with Crippen LogP contribution in [0.4, 0.5) is 0 Å². The summed E-state index contributed by atoms with van der Waals surface area (Å²) in [7, 11) is -1.86. The fourth-order valence-corrected chi connectivity index (χ4v) is 3.95. The van der Waals surface area contributed by atoms with E-state index in [4.69, 9.17) is 9.05 Å². The van der Waals surface area contributed by atoms with Gasteiger partial charge in [0.15, 0.2) is 5.75 Å². The van der Waals surface area contributed by atoms with Crippen molar-refractivity contribution in [1.29, 1.82) is 0 Å². The smallest absolute Gasteiger partial charge is 0.426 e. The Balaban J connectivity index is 2.30. The second kappa shape index (κ2) is 13.2. The largest absolute Gasteiger partial charge is 0.598 e. The maximum absolute atomic E-state index is 12.0. The van der Waals surface area contributed by atoms with Crippen LogP contribution in [0, 0.1) is 0 Å². The SMILES string of the molecule is C=CC[N+](C)(CCCCCCCC)CCCO[P+]([O-])(O)Oc1ccccc1. The standard InChI is InChI=1S/C21H36NO4P/c1-4-6-7-8-9-13-18-22(3,17-5-2)19-14-20-25-27(23,24)26-21-15-11-10-12-16-21/h5,10-12,15-16H,2,4,6-9,13-14,17-20H2,1,3H3/p+1. The van der Waals surface area contributed by atoms with E-state index in [1.807, 2.05) is 12.1 Å². The lowest BCUT2D eigenvalue weighted by molar-refractivity contribution is -0.904. The number of benzene rings is 1. The topological polar surface area (TPSA) is 61.8 Å². The summed E-state index contributed by atoms with van der Waals surface area (Å²) in [5.74, 6) is 0.332. The number of hydrogen-bond acceptors (Lipinski definition) is 4. The van der Waals surface area contributed by atoms with Gasteiger partial charge in [-0.3, -0.25) is 4.52 Å². The third-order valence-electron chi connectivity index (χ3n) is 4.68. The van der Waals surface area contributed by atoms with Crippen LogP contribution in [0.5, 0.6) is 5.75 Å². The molecule has 0 fully saturated rings. The Hall–Kier alpha value is -0.970. The van der Waals surface area contributed by atoms with Crippen molar-refractivity contribution in [2.24, 2.45) is 0 Å². The zero-order valence-electron chi connectivity index (χ0n) is 17.0. The van der Waals surface area contributed by atoms with Gasteiger partial charge < -0.3 is 9.38 Å². The summed E-state index contributed by atoms with van der Waals surface area (Å²) in [4.78, 5) is 21.9. The minimum absolute atomic E-state index is 0.197. The molecular weight excluding hydrogens is 361 g/mol. The number of quaternary nitrogens is 1. The van der Waals surface area contributed by atoms with Crippen LogP contribution in [0.3, 0.4) is 0 Å². The quantitative estimate of drug-likeness (QED) is 0.193. The molecule has 0 bridgehead atoms. The number of phosphoric ester groups is 1. The molecule has 1 N–H and O–H groups in total. The minimum Gasteiger partial charge on any atom is -0.598 e. The van der Waals surface area contributed by atoms with Crippen LogP contribution in [-0.4, -0.2) is 42.7 Å². The molecule has 0 aromatic heterocycles. The first-order valence-electron chi connectivity index (χ1n) is 10.1. The maximum atomic E-state index is 12.0. The fraction of sp³-hybridized carbons (Fsp3) is 0.619. The number of rotatable bonds is 16. The first kappa shape index (κ1) is 24.1. The van der Waals surface area contributed by atoms with E-state index in [9.17, 15) is 9.79 Å². The Morgan fingerprint density at radius 2 is 1.70 bits per heavy atom. The van der Waals surface area contributed by atoms with Gasteiger partial charge in [0, 0.05) is 6.42 Å². The predicted molar refractivity (Wildman–Crippen MR) is 111 cm³/mol. The van der Waals surface area contributed by atoms with Crippen LogP contribution in [-0.2, 0) is 4.52 Å². The van der Waals surface area contributed by atoms with Crippen LogP contribution in [0.15, 0.2) is 43.0 Å². The van der Waals surface area contributed by atoms with Gasteiger partial charge >= 0.3 is 8.17 Å². The lowest BCUT2D eigenvalue weighted by Gasteiger charge is -2.34. The lowest BCUT2D eigenvalue weighted by Crippen LogP contribution is -2.46. The summed E-state index contributed by atoms with van der Waals surface area (Å²) in [6, 6.07) is 8.57. The van der Waals surface area contributed by atoms with Crippen molar-refractivity contribution in [3.8, 4) is 5.75 Å². The molecule has 2 atom stereocenters. The fourth-order valence-electron chi connectivity index (χ4n) is 3.15. The first-order valence-corrected chi connectivity index (χ1v) is 11.6. The molecule has 0 aliphatic heterocycles. The van der Waals surface area contributed by atoms with Crippen LogP contribution in [0.25, 0.3) is 0 Å². The zero-order valence-corrected chi connectivity index (χ0v) is 17.9. The molecule has 0 spiro atoms. The molecule has 0 aliphatic rings. The van der Waals surface area contributed by atoms with Crippen LogP contribution in [0.2, 0.25) is 0 Å². The van der Waals surface area contributed by atoms with Crippen molar-refractivity contribution in [2.75, 3.05) is 33.3 Å². The Labute approximate surface area is 165 Å². The second-order valence-corrected chi connectivity index (χ2v) is 8.74. The summed E-state index contributed by atoms with van der Waals surface area (Å²) < 4.78 is 11.1. The molecule has 2 unspecified atom stereocenters. The van der Waals surface area contributed by atoms with Gasteiger partial charge in [-0.1, -0.05) is 57.4 Å². The molecule has 1 aromatic carbocycles. The van der Waals surface area contributed by atoms with Crippen LogP contribution >= 0.6 is 8.17 Å². The number of likely N-dealkylation sites (N-methyl/N-ethyl adjacent to an activating group) is 1. The molecule has 0 amide bonds. The van der Waals surface area contributed by atoms with Gasteiger partial charge in [0.2, 0.25) is 0 Å². The first-order chi connectivity index (χ1) is 12.9. The third kappa shape index (κ3) is 11.5. The highest BCUT2D eigenvalue weighted by Crippen LogP contribution is 2.47. The second-order valence-electron chi connectivity index (χ2n) is 7.37. The summed E-state index contributed by atoms with van der Waals surface area (Å²) in [5.41, 5.74) is 0. The molecule has 0 aliphatic carbocycles. The predicted octanol–water partition coefficient (Wildman–Crippen LogP) is 4.50. The summed E-state index contributed by atoms with van der Waals surface area (Å²) in [5, 5.41) is 0. The molecule has 0 saturated heterocycles. The highest BCUT2D eigenvalue weighted by molar-refractivity contribution is 7.53. The van der Waals surface area contributed by atoms with Gasteiger partial charge in [-0.15, -0.1) is 0 Å².